The van der Waals surface area contributed by atoms with Crippen molar-refractivity contribution in [2.45, 2.75) is 13.5 Å². The summed E-state index contributed by atoms with van der Waals surface area (Å²) >= 11 is 0. The number of nitrogens with zero attached hydrogens (tertiary/aromatic N) is 1. The fourth-order valence-electron chi connectivity index (χ4n) is 1.69. The summed E-state index contributed by atoms with van der Waals surface area (Å²) in [4.78, 5) is 0. The number of aryl methyl sites for hydroxylation is 1. The number of benzene rings is 2. The van der Waals surface area contributed by atoms with Gasteiger partial charge in [0.2, 0.25) is 0 Å². The summed E-state index contributed by atoms with van der Waals surface area (Å²) in [6.07, 6.45) is 0. The molecule has 0 unspecified atom stereocenters. The van der Waals surface area contributed by atoms with Crippen LogP contribution in [0.15, 0.2) is 42.5 Å². The van der Waals surface area contributed by atoms with Gasteiger partial charge in [-0.05, 0) is 31.2 Å². The zero-order valence-electron chi connectivity index (χ0n) is 10.1. The Hall–Kier alpha value is -2.31. The highest BCUT2D eigenvalue weighted by molar-refractivity contribution is 5.42. The molecule has 0 atom stereocenters. The standard InChI is InChI=1S/C15H13NO2/c1-11-5-6-15(13(7-11)10-17)18-14-4-2-3-12(8-14)9-16/h2-8,17H,10H2,1H3. The van der Waals surface area contributed by atoms with Crippen molar-refractivity contribution >= 4 is 0 Å². The highest BCUT2D eigenvalue weighted by Gasteiger charge is 2.05. The van der Waals surface area contributed by atoms with Crippen LogP contribution in [0.4, 0.5) is 0 Å². The van der Waals surface area contributed by atoms with Crippen LogP contribution in [0.3, 0.4) is 0 Å². The number of aliphatic hydroxyl groups excluding tert-OH is 1. The zero-order chi connectivity index (χ0) is 13.0. The van der Waals surface area contributed by atoms with Crippen molar-refractivity contribution in [3.63, 3.8) is 0 Å². The van der Waals surface area contributed by atoms with Gasteiger partial charge in [-0.2, -0.15) is 5.26 Å². The first-order valence-corrected chi connectivity index (χ1v) is 5.61. The van der Waals surface area contributed by atoms with Crippen molar-refractivity contribution in [2.24, 2.45) is 0 Å². The average Bonchev–Trinajstić information content (AvgIpc) is 2.41. The second-order valence-corrected chi connectivity index (χ2v) is 4.01. The SMILES string of the molecule is Cc1ccc(Oc2cccc(C#N)c2)c(CO)c1. The van der Waals surface area contributed by atoms with E-state index in [1.54, 1.807) is 24.3 Å². The first-order chi connectivity index (χ1) is 8.72. The van der Waals surface area contributed by atoms with Crippen LogP contribution in [0, 0.1) is 18.3 Å². The van der Waals surface area contributed by atoms with Crippen molar-refractivity contribution in [3.8, 4) is 17.6 Å². The molecule has 0 saturated carbocycles. The Labute approximate surface area is 106 Å². The van der Waals surface area contributed by atoms with Crippen LogP contribution in [0.5, 0.6) is 11.5 Å². The van der Waals surface area contributed by atoms with Crippen LogP contribution >= 0.6 is 0 Å². The lowest BCUT2D eigenvalue weighted by Gasteiger charge is -2.10. The molecule has 0 saturated heterocycles. The zero-order valence-corrected chi connectivity index (χ0v) is 10.1. The van der Waals surface area contributed by atoms with E-state index in [1.165, 1.54) is 0 Å². The van der Waals surface area contributed by atoms with Crippen molar-refractivity contribution in [1.29, 1.82) is 5.26 Å². The second kappa shape index (κ2) is 5.35. The smallest absolute Gasteiger partial charge is 0.132 e. The van der Waals surface area contributed by atoms with Crippen LogP contribution in [0.1, 0.15) is 16.7 Å². The normalized spacial score (nSPS) is 9.83. The highest BCUT2D eigenvalue weighted by Crippen LogP contribution is 2.26. The minimum atomic E-state index is -0.0745. The molecule has 2 rings (SSSR count). The van der Waals surface area contributed by atoms with Crippen LogP contribution in [0.2, 0.25) is 0 Å². The molecule has 0 fully saturated rings. The Kier molecular flexibility index (Phi) is 3.61. The number of nitriles is 1. The molecular weight excluding hydrogens is 226 g/mol. The molecule has 3 heteroatoms. The predicted octanol–water partition coefficient (Wildman–Crippen LogP) is 3.15. The summed E-state index contributed by atoms with van der Waals surface area (Å²) in [5, 5.41) is 18.1. The number of aliphatic hydroxyl groups is 1. The Morgan fingerprint density at radius 2 is 2.06 bits per heavy atom. The van der Waals surface area contributed by atoms with Gasteiger partial charge in [-0.1, -0.05) is 23.8 Å². The summed E-state index contributed by atoms with van der Waals surface area (Å²) in [5.74, 6) is 1.20. The highest BCUT2D eigenvalue weighted by atomic mass is 16.5. The molecule has 2 aromatic rings. The Morgan fingerprint density at radius 3 is 2.78 bits per heavy atom. The largest absolute Gasteiger partial charge is 0.457 e. The van der Waals surface area contributed by atoms with E-state index in [9.17, 15) is 5.11 Å². The van der Waals surface area contributed by atoms with Gasteiger partial charge in [-0.3, -0.25) is 0 Å². The number of ether oxygens (including phenoxy) is 1. The second-order valence-electron chi connectivity index (χ2n) is 4.01. The van der Waals surface area contributed by atoms with E-state index in [4.69, 9.17) is 10.00 Å². The van der Waals surface area contributed by atoms with E-state index in [0.29, 0.717) is 17.1 Å². The molecule has 0 amide bonds. The fraction of sp³-hybridized carbons (Fsp3) is 0.133. The van der Waals surface area contributed by atoms with E-state index in [-0.39, 0.29) is 6.61 Å². The molecule has 0 aliphatic rings. The first kappa shape index (κ1) is 12.2. The molecule has 0 spiro atoms. The summed E-state index contributed by atoms with van der Waals surface area (Å²) in [6, 6.07) is 14.6. The lowest BCUT2D eigenvalue weighted by molar-refractivity contribution is 0.276. The molecule has 1 N–H and O–H groups in total. The van der Waals surface area contributed by atoms with Crippen molar-refractivity contribution < 1.29 is 9.84 Å². The molecule has 2 aromatic carbocycles. The third kappa shape index (κ3) is 2.68. The molecule has 0 aliphatic carbocycles. The van der Waals surface area contributed by atoms with Gasteiger partial charge in [-0.25, -0.2) is 0 Å². The van der Waals surface area contributed by atoms with Gasteiger partial charge in [0.25, 0.3) is 0 Å². The molecule has 0 aromatic heterocycles. The molecule has 18 heavy (non-hydrogen) atoms. The lowest BCUT2D eigenvalue weighted by Crippen LogP contribution is -1.92. The molecule has 0 aliphatic heterocycles. The molecular formula is C15H13NO2. The lowest BCUT2D eigenvalue weighted by atomic mass is 10.1. The molecule has 0 heterocycles. The summed E-state index contributed by atoms with van der Waals surface area (Å²) in [7, 11) is 0. The summed E-state index contributed by atoms with van der Waals surface area (Å²) in [5.41, 5.74) is 2.35. The van der Waals surface area contributed by atoms with Crippen LogP contribution in [-0.2, 0) is 6.61 Å². The van der Waals surface area contributed by atoms with E-state index in [0.717, 1.165) is 11.1 Å². The monoisotopic (exact) mass is 239 g/mol. The van der Waals surface area contributed by atoms with E-state index in [2.05, 4.69) is 6.07 Å². The van der Waals surface area contributed by atoms with Gasteiger partial charge >= 0.3 is 0 Å². The fourth-order valence-corrected chi connectivity index (χ4v) is 1.69. The summed E-state index contributed by atoms with van der Waals surface area (Å²) < 4.78 is 5.69. The third-order valence-corrected chi connectivity index (χ3v) is 2.58. The van der Waals surface area contributed by atoms with Gasteiger partial charge in [0, 0.05) is 5.56 Å². The average molecular weight is 239 g/mol. The Balaban J connectivity index is 2.31. The van der Waals surface area contributed by atoms with Crippen molar-refractivity contribution in [2.75, 3.05) is 0 Å². The first-order valence-electron chi connectivity index (χ1n) is 5.61. The maximum atomic E-state index is 9.29. The van der Waals surface area contributed by atoms with Crippen LogP contribution < -0.4 is 4.74 Å². The molecule has 0 radical (unpaired) electrons. The van der Waals surface area contributed by atoms with Gasteiger partial charge in [-0.15, -0.1) is 0 Å². The topological polar surface area (TPSA) is 53.2 Å². The number of rotatable bonds is 3. The van der Waals surface area contributed by atoms with Gasteiger partial charge < -0.3 is 9.84 Å². The van der Waals surface area contributed by atoms with E-state index < -0.39 is 0 Å². The minimum absolute atomic E-state index is 0.0745. The predicted molar refractivity (Wildman–Crippen MR) is 68.3 cm³/mol. The van der Waals surface area contributed by atoms with E-state index >= 15 is 0 Å². The summed E-state index contributed by atoms with van der Waals surface area (Å²) in [6.45, 7) is 1.88. The van der Waals surface area contributed by atoms with Crippen LogP contribution in [-0.4, -0.2) is 5.11 Å². The van der Waals surface area contributed by atoms with Crippen LogP contribution in [0.25, 0.3) is 0 Å². The molecule has 3 nitrogen and oxygen atoms in total. The van der Waals surface area contributed by atoms with Gasteiger partial charge in [0.15, 0.2) is 0 Å². The number of hydrogen-bond acceptors (Lipinski definition) is 3. The molecule has 90 valence electrons. The third-order valence-electron chi connectivity index (χ3n) is 2.58. The maximum Gasteiger partial charge on any atom is 0.132 e. The van der Waals surface area contributed by atoms with E-state index in [1.807, 2.05) is 25.1 Å². The molecule has 0 bridgehead atoms. The van der Waals surface area contributed by atoms with Gasteiger partial charge in [0.1, 0.15) is 11.5 Å². The Morgan fingerprint density at radius 1 is 1.22 bits per heavy atom. The quantitative estimate of drug-likeness (QED) is 0.895. The minimum Gasteiger partial charge on any atom is -0.457 e. The van der Waals surface area contributed by atoms with Gasteiger partial charge in [0.05, 0.1) is 18.2 Å². The Bertz CT molecular complexity index is 600. The number of hydrogen-bond donors (Lipinski definition) is 1. The van der Waals surface area contributed by atoms with Crippen molar-refractivity contribution in [3.05, 3.63) is 59.2 Å². The maximum absolute atomic E-state index is 9.29. The van der Waals surface area contributed by atoms with Crippen molar-refractivity contribution in [1.82, 2.24) is 0 Å².